The van der Waals surface area contributed by atoms with Crippen molar-refractivity contribution >= 4 is 29.1 Å². The molecule has 2 aliphatic rings. The molecule has 6 heteroatoms. The van der Waals surface area contributed by atoms with E-state index in [0.29, 0.717) is 31.8 Å². The van der Waals surface area contributed by atoms with Crippen LogP contribution in [-0.4, -0.2) is 38.0 Å². The molecule has 0 saturated carbocycles. The normalized spacial score (nSPS) is 24.4. The zero-order valence-corrected chi connectivity index (χ0v) is 13.8. The van der Waals surface area contributed by atoms with Gasteiger partial charge < -0.3 is 15.5 Å². The van der Waals surface area contributed by atoms with Crippen molar-refractivity contribution in [3.8, 4) is 0 Å². The minimum Gasteiger partial charge on any atom is -0.371 e. The fraction of sp³-hybridized carbons (Fsp3) is 0.529. The van der Waals surface area contributed by atoms with Crippen molar-refractivity contribution in [1.29, 1.82) is 0 Å². The Morgan fingerprint density at radius 3 is 2.78 bits per heavy atom. The molecule has 0 bridgehead atoms. The van der Waals surface area contributed by atoms with Gasteiger partial charge in [0.05, 0.1) is 5.92 Å². The first-order chi connectivity index (χ1) is 11.1. The van der Waals surface area contributed by atoms with Gasteiger partial charge in [-0.1, -0.05) is 11.6 Å². The molecule has 0 spiro atoms. The van der Waals surface area contributed by atoms with Gasteiger partial charge in [0.1, 0.15) is 0 Å². The molecule has 2 atom stereocenters. The number of benzene rings is 1. The topological polar surface area (TPSA) is 61.4 Å². The number of hydrogen-bond acceptors (Lipinski definition) is 3. The van der Waals surface area contributed by atoms with Crippen LogP contribution >= 0.6 is 11.6 Å². The second-order valence-electron chi connectivity index (χ2n) is 6.36. The summed E-state index contributed by atoms with van der Waals surface area (Å²) in [5.74, 6) is 0.493. The Morgan fingerprint density at radius 2 is 2.09 bits per heavy atom. The number of halogens is 1. The summed E-state index contributed by atoms with van der Waals surface area (Å²) in [4.78, 5) is 25.6. The van der Waals surface area contributed by atoms with Gasteiger partial charge in [-0.25, -0.2) is 0 Å². The van der Waals surface area contributed by atoms with Crippen LogP contribution in [0.2, 0.25) is 5.02 Å². The molecule has 2 heterocycles. The highest BCUT2D eigenvalue weighted by Crippen LogP contribution is 2.25. The van der Waals surface area contributed by atoms with Gasteiger partial charge in [-0.2, -0.15) is 0 Å². The predicted octanol–water partition coefficient (Wildman–Crippen LogP) is 1.81. The van der Waals surface area contributed by atoms with Crippen LogP contribution in [0.15, 0.2) is 24.3 Å². The third-order valence-electron chi connectivity index (χ3n) is 4.68. The number of piperidine rings is 1. The Balaban J connectivity index is 1.44. The summed E-state index contributed by atoms with van der Waals surface area (Å²) in [5, 5.41) is 6.55. The Labute approximate surface area is 141 Å². The number of carbonyl (C=O) groups is 2. The first-order valence-corrected chi connectivity index (χ1v) is 8.54. The van der Waals surface area contributed by atoms with E-state index in [1.165, 1.54) is 5.69 Å². The van der Waals surface area contributed by atoms with Crippen molar-refractivity contribution in [2.75, 3.05) is 31.1 Å². The molecule has 23 heavy (non-hydrogen) atoms. The molecule has 5 nitrogen and oxygen atoms in total. The molecule has 0 unspecified atom stereocenters. The fourth-order valence-corrected chi connectivity index (χ4v) is 3.36. The van der Waals surface area contributed by atoms with Gasteiger partial charge in [0, 0.05) is 43.3 Å². The number of hydrogen-bond donors (Lipinski definition) is 2. The molecule has 0 aliphatic carbocycles. The SMILES string of the molecule is O=C1CC[C@@H](C(=O)NC[C@H]2CCN(c3ccc(Cl)cc3)C2)CN1. The summed E-state index contributed by atoms with van der Waals surface area (Å²) >= 11 is 5.92. The maximum Gasteiger partial charge on any atom is 0.224 e. The Kier molecular flexibility index (Phi) is 5.06. The minimum atomic E-state index is -0.0820. The van der Waals surface area contributed by atoms with E-state index in [1.807, 2.05) is 24.3 Å². The zero-order valence-electron chi connectivity index (χ0n) is 13.1. The van der Waals surface area contributed by atoms with Crippen molar-refractivity contribution < 1.29 is 9.59 Å². The first kappa shape index (κ1) is 16.1. The molecule has 0 aromatic heterocycles. The highest BCUT2D eigenvalue weighted by Gasteiger charge is 2.27. The number of amides is 2. The maximum absolute atomic E-state index is 12.2. The Morgan fingerprint density at radius 1 is 1.30 bits per heavy atom. The summed E-state index contributed by atoms with van der Waals surface area (Å²) in [6, 6.07) is 7.88. The molecule has 0 radical (unpaired) electrons. The average molecular weight is 336 g/mol. The largest absolute Gasteiger partial charge is 0.371 e. The van der Waals surface area contributed by atoms with Crippen molar-refractivity contribution in [3.63, 3.8) is 0 Å². The molecule has 1 aromatic rings. The van der Waals surface area contributed by atoms with Crippen molar-refractivity contribution in [2.45, 2.75) is 19.3 Å². The van der Waals surface area contributed by atoms with E-state index in [-0.39, 0.29) is 17.7 Å². The first-order valence-electron chi connectivity index (χ1n) is 8.17. The van der Waals surface area contributed by atoms with Crippen LogP contribution in [0.3, 0.4) is 0 Å². The second-order valence-corrected chi connectivity index (χ2v) is 6.80. The molecule has 2 saturated heterocycles. The lowest BCUT2D eigenvalue weighted by Crippen LogP contribution is -2.44. The van der Waals surface area contributed by atoms with E-state index >= 15 is 0 Å². The van der Waals surface area contributed by atoms with E-state index in [2.05, 4.69) is 15.5 Å². The molecule has 1 aromatic carbocycles. The van der Waals surface area contributed by atoms with Gasteiger partial charge in [0.2, 0.25) is 11.8 Å². The van der Waals surface area contributed by atoms with E-state index in [4.69, 9.17) is 11.6 Å². The van der Waals surface area contributed by atoms with Gasteiger partial charge in [-0.15, -0.1) is 0 Å². The molecular formula is C17H22ClN3O2. The number of rotatable bonds is 4. The second kappa shape index (κ2) is 7.21. The number of anilines is 1. The maximum atomic E-state index is 12.2. The van der Waals surface area contributed by atoms with E-state index in [0.717, 1.165) is 24.5 Å². The summed E-state index contributed by atoms with van der Waals surface area (Å²) in [7, 11) is 0. The van der Waals surface area contributed by atoms with Crippen molar-refractivity contribution in [2.24, 2.45) is 11.8 Å². The third-order valence-corrected chi connectivity index (χ3v) is 4.93. The standard InChI is InChI=1S/C17H22ClN3O2/c18-14-2-4-15(5-3-14)21-8-7-12(11-21)9-20-17(23)13-1-6-16(22)19-10-13/h2-5,12-13H,1,6-11H2,(H,19,22)(H,20,23)/t12-,13-/m1/s1. The molecular weight excluding hydrogens is 314 g/mol. The molecule has 124 valence electrons. The van der Waals surface area contributed by atoms with Crippen molar-refractivity contribution in [1.82, 2.24) is 10.6 Å². The van der Waals surface area contributed by atoms with Crippen LogP contribution in [0.25, 0.3) is 0 Å². The summed E-state index contributed by atoms with van der Waals surface area (Å²) < 4.78 is 0. The number of nitrogens with one attached hydrogen (secondary N) is 2. The van der Waals surface area contributed by atoms with Gasteiger partial charge in [-0.3, -0.25) is 9.59 Å². The highest BCUT2D eigenvalue weighted by molar-refractivity contribution is 6.30. The van der Waals surface area contributed by atoms with Crippen LogP contribution in [-0.2, 0) is 9.59 Å². The Hall–Kier alpha value is -1.75. The highest BCUT2D eigenvalue weighted by atomic mass is 35.5. The molecule has 2 N–H and O–H groups in total. The molecule has 3 rings (SSSR count). The zero-order chi connectivity index (χ0) is 16.2. The lowest BCUT2D eigenvalue weighted by atomic mass is 9.98. The third kappa shape index (κ3) is 4.16. The predicted molar refractivity (Wildman–Crippen MR) is 90.5 cm³/mol. The minimum absolute atomic E-state index is 0.0449. The van der Waals surface area contributed by atoms with Crippen LogP contribution in [0.1, 0.15) is 19.3 Å². The quantitative estimate of drug-likeness (QED) is 0.882. The van der Waals surface area contributed by atoms with Crippen LogP contribution in [0.5, 0.6) is 0 Å². The molecule has 2 amide bonds. The number of nitrogens with zero attached hydrogens (tertiary/aromatic N) is 1. The van der Waals surface area contributed by atoms with E-state index < -0.39 is 0 Å². The lowest BCUT2D eigenvalue weighted by Gasteiger charge is -2.23. The van der Waals surface area contributed by atoms with Gasteiger partial charge in [0.15, 0.2) is 0 Å². The summed E-state index contributed by atoms with van der Waals surface area (Å²) in [6.45, 7) is 3.12. The lowest BCUT2D eigenvalue weighted by molar-refractivity contribution is -0.129. The molecule has 2 fully saturated rings. The molecule has 2 aliphatic heterocycles. The monoisotopic (exact) mass is 335 g/mol. The van der Waals surface area contributed by atoms with Crippen LogP contribution in [0.4, 0.5) is 5.69 Å². The van der Waals surface area contributed by atoms with E-state index in [1.54, 1.807) is 0 Å². The van der Waals surface area contributed by atoms with Crippen LogP contribution < -0.4 is 15.5 Å². The van der Waals surface area contributed by atoms with E-state index in [9.17, 15) is 9.59 Å². The number of carbonyl (C=O) groups excluding carboxylic acids is 2. The summed E-state index contributed by atoms with van der Waals surface area (Å²) in [6.07, 6.45) is 2.18. The van der Waals surface area contributed by atoms with Gasteiger partial charge >= 0.3 is 0 Å². The van der Waals surface area contributed by atoms with Crippen LogP contribution in [0, 0.1) is 11.8 Å². The van der Waals surface area contributed by atoms with Gasteiger partial charge in [-0.05, 0) is 43.0 Å². The van der Waals surface area contributed by atoms with Crippen molar-refractivity contribution in [3.05, 3.63) is 29.3 Å². The summed E-state index contributed by atoms with van der Waals surface area (Å²) in [5.41, 5.74) is 1.18. The van der Waals surface area contributed by atoms with Gasteiger partial charge in [0.25, 0.3) is 0 Å². The Bertz CT molecular complexity index is 566. The smallest absolute Gasteiger partial charge is 0.224 e. The fourth-order valence-electron chi connectivity index (χ4n) is 3.23. The average Bonchev–Trinajstić information content (AvgIpc) is 3.03.